The molecule has 0 bridgehead atoms. The van der Waals surface area contributed by atoms with E-state index < -0.39 is 34.0 Å². The Labute approximate surface area is 168 Å². The quantitative estimate of drug-likeness (QED) is 0.743. The number of nitrogens with zero attached hydrogens (tertiary/aromatic N) is 1. The second kappa shape index (κ2) is 7.90. The first-order valence-corrected chi connectivity index (χ1v) is 10.5. The maximum Gasteiger partial charge on any atom is 0.326 e. The van der Waals surface area contributed by atoms with Crippen molar-refractivity contribution in [3.63, 3.8) is 0 Å². The summed E-state index contributed by atoms with van der Waals surface area (Å²) in [6.45, 7) is 1.58. The van der Waals surface area contributed by atoms with Gasteiger partial charge in [-0.3, -0.25) is 4.79 Å². The number of carboxylic acid groups (broad SMARTS) is 1. The molecule has 1 heterocycles. The summed E-state index contributed by atoms with van der Waals surface area (Å²) in [5.41, 5.74) is 1.66. The lowest BCUT2D eigenvalue weighted by Gasteiger charge is -2.21. The minimum Gasteiger partial charge on any atom is -0.480 e. The van der Waals surface area contributed by atoms with E-state index in [-0.39, 0.29) is 17.9 Å². The van der Waals surface area contributed by atoms with Crippen LogP contribution < -0.4 is 4.72 Å². The van der Waals surface area contributed by atoms with E-state index in [2.05, 4.69) is 4.72 Å². The number of nitrogens with one attached hydrogen (secondary N) is 1. The van der Waals surface area contributed by atoms with Crippen molar-refractivity contribution in [2.75, 3.05) is 6.54 Å². The van der Waals surface area contributed by atoms with Gasteiger partial charge in [0.15, 0.2) is 0 Å². The molecule has 2 aromatic rings. The Hall–Kier alpha value is -2.42. The van der Waals surface area contributed by atoms with E-state index in [1.54, 1.807) is 30.3 Å². The fourth-order valence-corrected chi connectivity index (χ4v) is 4.49. The fraction of sp³-hybridized carbons (Fsp3) is 0.263. The van der Waals surface area contributed by atoms with Gasteiger partial charge in [0.05, 0.1) is 4.90 Å². The molecule has 1 saturated heterocycles. The summed E-state index contributed by atoms with van der Waals surface area (Å²) in [6.07, 6.45) is 0.219. The first-order valence-electron chi connectivity index (χ1n) is 8.60. The average molecular weight is 423 g/mol. The molecule has 7 nitrogen and oxygen atoms in total. The monoisotopic (exact) mass is 422 g/mol. The number of aliphatic carboxylic acids is 1. The number of sulfonamides is 1. The van der Waals surface area contributed by atoms with E-state index in [4.69, 9.17) is 16.7 Å². The zero-order valence-electron chi connectivity index (χ0n) is 15.0. The molecular weight excluding hydrogens is 404 g/mol. The van der Waals surface area contributed by atoms with E-state index >= 15 is 0 Å². The van der Waals surface area contributed by atoms with Crippen LogP contribution in [0.4, 0.5) is 0 Å². The molecule has 0 spiro atoms. The molecule has 28 heavy (non-hydrogen) atoms. The summed E-state index contributed by atoms with van der Waals surface area (Å²) in [6, 6.07) is 11.5. The van der Waals surface area contributed by atoms with Crippen molar-refractivity contribution in [2.24, 2.45) is 0 Å². The Kier molecular flexibility index (Phi) is 5.74. The number of carboxylic acids is 1. The lowest BCUT2D eigenvalue weighted by molar-refractivity contribution is -0.147. The molecule has 1 aliphatic heterocycles. The van der Waals surface area contributed by atoms with Gasteiger partial charge in [0.2, 0.25) is 15.9 Å². The summed E-state index contributed by atoms with van der Waals surface area (Å²) in [7, 11) is -3.92. The van der Waals surface area contributed by atoms with Crippen LogP contribution in [-0.2, 0) is 19.6 Å². The molecule has 1 aliphatic rings. The van der Waals surface area contributed by atoms with Gasteiger partial charge in [-0.25, -0.2) is 13.2 Å². The standard InChI is InChI=1S/C19H19ClN2O5S/c1-12(19(24)25)22-10-9-17(18(22)23)21-28(26,27)16-7-5-13(6-8-16)14-3-2-4-15(20)11-14/h2-8,11-12,17,21H,9-10H2,1H3,(H,24,25)/t12-,17?/m1/s1. The molecule has 1 fully saturated rings. The molecule has 2 aromatic carbocycles. The number of benzene rings is 2. The van der Waals surface area contributed by atoms with Crippen LogP contribution in [0.3, 0.4) is 0 Å². The molecule has 0 saturated carbocycles. The Morgan fingerprint density at radius 2 is 1.89 bits per heavy atom. The number of hydrogen-bond acceptors (Lipinski definition) is 4. The van der Waals surface area contributed by atoms with Gasteiger partial charge >= 0.3 is 5.97 Å². The molecule has 148 valence electrons. The number of carbonyl (C=O) groups is 2. The Morgan fingerprint density at radius 3 is 2.50 bits per heavy atom. The van der Waals surface area contributed by atoms with Crippen molar-refractivity contribution >= 4 is 33.5 Å². The number of hydrogen-bond donors (Lipinski definition) is 2. The topological polar surface area (TPSA) is 104 Å². The third kappa shape index (κ3) is 4.19. The number of likely N-dealkylation sites (tertiary alicyclic amines) is 1. The second-order valence-electron chi connectivity index (χ2n) is 6.54. The molecular formula is C19H19ClN2O5S. The molecule has 3 rings (SSSR count). The summed E-state index contributed by atoms with van der Waals surface area (Å²) in [4.78, 5) is 24.6. The number of halogens is 1. The molecule has 0 aliphatic carbocycles. The largest absolute Gasteiger partial charge is 0.480 e. The molecule has 0 radical (unpaired) electrons. The van der Waals surface area contributed by atoms with Crippen LogP contribution in [0.25, 0.3) is 11.1 Å². The highest BCUT2D eigenvalue weighted by molar-refractivity contribution is 7.89. The zero-order valence-corrected chi connectivity index (χ0v) is 16.6. The van der Waals surface area contributed by atoms with Crippen molar-refractivity contribution in [3.05, 3.63) is 53.6 Å². The van der Waals surface area contributed by atoms with E-state index in [0.29, 0.717) is 5.02 Å². The highest BCUT2D eigenvalue weighted by Crippen LogP contribution is 2.24. The lowest BCUT2D eigenvalue weighted by atomic mass is 10.1. The molecule has 0 aromatic heterocycles. The van der Waals surface area contributed by atoms with E-state index in [9.17, 15) is 18.0 Å². The van der Waals surface area contributed by atoms with Gasteiger partial charge in [0, 0.05) is 11.6 Å². The first-order chi connectivity index (χ1) is 13.2. The van der Waals surface area contributed by atoms with Crippen LogP contribution in [-0.4, -0.2) is 48.9 Å². The molecule has 1 amide bonds. The molecule has 2 atom stereocenters. The fourth-order valence-electron chi connectivity index (χ4n) is 3.08. The van der Waals surface area contributed by atoms with Gasteiger partial charge in [0.25, 0.3) is 0 Å². The predicted molar refractivity (Wildman–Crippen MR) is 104 cm³/mol. The minimum atomic E-state index is -3.92. The van der Waals surface area contributed by atoms with Crippen molar-refractivity contribution < 1.29 is 23.1 Å². The van der Waals surface area contributed by atoms with Gasteiger partial charge < -0.3 is 10.0 Å². The Morgan fingerprint density at radius 1 is 1.21 bits per heavy atom. The van der Waals surface area contributed by atoms with Gasteiger partial charge in [-0.2, -0.15) is 4.72 Å². The van der Waals surface area contributed by atoms with Gasteiger partial charge in [0.1, 0.15) is 12.1 Å². The summed E-state index contributed by atoms with van der Waals surface area (Å²) < 4.78 is 27.6. The summed E-state index contributed by atoms with van der Waals surface area (Å²) in [5, 5.41) is 9.63. The van der Waals surface area contributed by atoms with Crippen molar-refractivity contribution in [1.82, 2.24) is 9.62 Å². The highest BCUT2D eigenvalue weighted by Gasteiger charge is 2.38. The van der Waals surface area contributed by atoms with Crippen LogP contribution in [0.15, 0.2) is 53.4 Å². The SMILES string of the molecule is C[C@H](C(=O)O)N1CCC(NS(=O)(=O)c2ccc(-c3cccc(Cl)c3)cc2)C1=O. The second-order valence-corrected chi connectivity index (χ2v) is 8.69. The lowest BCUT2D eigenvalue weighted by Crippen LogP contribution is -2.46. The van der Waals surface area contributed by atoms with E-state index in [1.165, 1.54) is 19.1 Å². The maximum atomic E-state index is 12.6. The first kappa shape index (κ1) is 20.3. The number of rotatable bonds is 6. The van der Waals surface area contributed by atoms with Crippen molar-refractivity contribution in [1.29, 1.82) is 0 Å². The third-order valence-corrected chi connectivity index (χ3v) is 6.41. The summed E-state index contributed by atoms with van der Waals surface area (Å²) >= 11 is 5.98. The smallest absolute Gasteiger partial charge is 0.326 e. The zero-order chi connectivity index (χ0) is 20.5. The minimum absolute atomic E-state index is 0.0239. The number of amides is 1. The van der Waals surface area contributed by atoms with Crippen molar-refractivity contribution in [3.8, 4) is 11.1 Å². The van der Waals surface area contributed by atoms with Crippen LogP contribution in [0.5, 0.6) is 0 Å². The van der Waals surface area contributed by atoms with E-state index in [0.717, 1.165) is 16.0 Å². The Balaban J connectivity index is 1.75. The number of carbonyl (C=O) groups excluding carboxylic acids is 1. The summed E-state index contributed by atoms with van der Waals surface area (Å²) in [5.74, 6) is -1.66. The predicted octanol–water partition coefficient (Wildman–Crippen LogP) is 2.36. The van der Waals surface area contributed by atoms with Gasteiger partial charge in [-0.1, -0.05) is 35.9 Å². The molecule has 9 heteroatoms. The Bertz CT molecular complexity index is 1010. The average Bonchev–Trinajstić information content (AvgIpc) is 3.01. The van der Waals surface area contributed by atoms with Crippen LogP contribution in [0.2, 0.25) is 5.02 Å². The van der Waals surface area contributed by atoms with Crippen LogP contribution in [0.1, 0.15) is 13.3 Å². The highest BCUT2D eigenvalue weighted by atomic mass is 35.5. The van der Waals surface area contributed by atoms with Gasteiger partial charge in [-0.15, -0.1) is 0 Å². The van der Waals surface area contributed by atoms with E-state index in [1.807, 2.05) is 6.07 Å². The van der Waals surface area contributed by atoms with Crippen LogP contribution >= 0.6 is 11.6 Å². The van der Waals surface area contributed by atoms with Crippen LogP contribution in [0, 0.1) is 0 Å². The van der Waals surface area contributed by atoms with Crippen molar-refractivity contribution in [2.45, 2.75) is 30.3 Å². The maximum absolute atomic E-state index is 12.6. The molecule has 1 unspecified atom stereocenters. The molecule has 2 N–H and O–H groups in total. The normalized spacial score (nSPS) is 18.3. The third-order valence-electron chi connectivity index (χ3n) is 4.68. The van der Waals surface area contributed by atoms with Gasteiger partial charge in [-0.05, 0) is 48.7 Å².